The second kappa shape index (κ2) is 7.78. The molecule has 0 bridgehead atoms. The molecule has 26 heavy (non-hydrogen) atoms. The van der Waals surface area contributed by atoms with Crippen LogP contribution >= 0.6 is 0 Å². The molecule has 3 aromatic rings. The van der Waals surface area contributed by atoms with Crippen molar-refractivity contribution in [1.82, 2.24) is 15.5 Å². The first-order valence-corrected chi connectivity index (χ1v) is 8.53. The topological polar surface area (TPSA) is 66.9 Å². The fraction of sp³-hybridized carbons (Fsp3) is 0.190. The Bertz CT molecular complexity index is 882. The summed E-state index contributed by atoms with van der Waals surface area (Å²) in [6, 6.07) is 17.6. The molecule has 0 saturated carbocycles. The minimum atomic E-state index is -0.239. The van der Waals surface area contributed by atoms with Gasteiger partial charge in [0, 0.05) is 12.2 Å². The molecular weight excluding hydrogens is 324 g/mol. The third kappa shape index (κ3) is 4.25. The zero-order valence-electron chi connectivity index (χ0n) is 15.2. The molecule has 0 fully saturated rings. The number of hydrogen-bond donors (Lipinski definition) is 2. The fourth-order valence-corrected chi connectivity index (χ4v) is 2.64. The summed E-state index contributed by atoms with van der Waals surface area (Å²) in [7, 11) is 0. The van der Waals surface area contributed by atoms with Crippen molar-refractivity contribution < 1.29 is 4.79 Å². The van der Waals surface area contributed by atoms with Crippen LogP contribution in [0.3, 0.4) is 0 Å². The summed E-state index contributed by atoms with van der Waals surface area (Å²) in [6.45, 7) is 6.57. The Balaban J connectivity index is 1.63. The summed E-state index contributed by atoms with van der Waals surface area (Å²) < 4.78 is 0. The lowest BCUT2D eigenvalue weighted by Crippen LogP contribution is -2.24. The standard InChI is InChI=1S/C21H22N4O/c1-14-7-9-17(10-8-14)13-22-21(26)18-11-12-19(25-24-18)23-20-15(2)5-4-6-16(20)3/h4-12H,13H2,1-3H3,(H,22,26)(H,23,25). The highest BCUT2D eigenvalue weighted by molar-refractivity contribution is 5.92. The lowest BCUT2D eigenvalue weighted by Gasteiger charge is -2.11. The number of aromatic nitrogens is 2. The first-order chi connectivity index (χ1) is 12.5. The Morgan fingerprint density at radius 2 is 1.58 bits per heavy atom. The lowest BCUT2D eigenvalue weighted by atomic mass is 10.1. The summed E-state index contributed by atoms with van der Waals surface area (Å²) in [5, 5.41) is 14.3. The van der Waals surface area contributed by atoms with E-state index in [0.717, 1.165) is 22.4 Å². The normalized spacial score (nSPS) is 10.4. The van der Waals surface area contributed by atoms with Gasteiger partial charge in [-0.05, 0) is 49.6 Å². The third-order valence-electron chi connectivity index (χ3n) is 4.21. The van der Waals surface area contributed by atoms with Gasteiger partial charge in [-0.1, -0.05) is 48.0 Å². The van der Waals surface area contributed by atoms with Gasteiger partial charge >= 0.3 is 0 Å². The molecule has 2 aromatic carbocycles. The molecule has 132 valence electrons. The number of rotatable bonds is 5. The van der Waals surface area contributed by atoms with Crippen LogP contribution in [0, 0.1) is 20.8 Å². The molecule has 0 unspecified atom stereocenters. The monoisotopic (exact) mass is 346 g/mol. The van der Waals surface area contributed by atoms with Crippen LogP contribution in [0.5, 0.6) is 0 Å². The maximum absolute atomic E-state index is 12.2. The number of nitrogens with one attached hydrogen (secondary N) is 2. The van der Waals surface area contributed by atoms with Crippen molar-refractivity contribution in [3.63, 3.8) is 0 Å². The van der Waals surface area contributed by atoms with Crippen LogP contribution in [0.15, 0.2) is 54.6 Å². The van der Waals surface area contributed by atoms with Crippen molar-refractivity contribution in [2.45, 2.75) is 27.3 Å². The van der Waals surface area contributed by atoms with Crippen LogP contribution in [-0.4, -0.2) is 16.1 Å². The van der Waals surface area contributed by atoms with Gasteiger partial charge in [-0.3, -0.25) is 4.79 Å². The Labute approximate surface area is 153 Å². The van der Waals surface area contributed by atoms with E-state index in [1.165, 1.54) is 5.56 Å². The van der Waals surface area contributed by atoms with E-state index in [1.807, 2.05) is 63.2 Å². The Kier molecular flexibility index (Phi) is 5.27. The molecule has 3 rings (SSSR count). The van der Waals surface area contributed by atoms with Crippen LogP contribution < -0.4 is 10.6 Å². The van der Waals surface area contributed by atoms with E-state index in [1.54, 1.807) is 12.1 Å². The second-order valence-electron chi connectivity index (χ2n) is 6.36. The van der Waals surface area contributed by atoms with Crippen LogP contribution in [0.4, 0.5) is 11.5 Å². The molecule has 0 saturated heterocycles. The third-order valence-corrected chi connectivity index (χ3v) is 4.21. The number of amides is 1. The van der Waals surface area contributed by atoms with Crippen molar-refractivity contribution in [2.24, 2.45) is 0 Å². The Hall–Kier alpha value is -3.21. The number of nitrogens with zero attached hydrogens (tertiary/aromatic N) is 2. The molecule has 0 aliphatic carbocycles. The van der Waals surface area contributed by atoms with Crippen LogP contribution in [0.25, 0.3) is 0 Å². The average molecular weight is 346 g/mol. The summed E-state index contributed by atoms with van der Waals surface area (Å²) >= 11 is 0. The lowest BCUT2D eigenvalue weighted by molar-refractivity contribution is 0.0945. The van der Waals surface area contributed by atoms with E-state index >= 15 is 0 Å². The quantitative estimate of drug-likeness (QED) is 0.731. The molecule has 0 aliphatic heterocycles. The highest BCUT2D eigenvalue weighted by Crippen LogP contribution is 2.22. The SMILES string of the molecule is Cc1ccc(CNC(=O)c2ccc(Nc3c(C)cccc3C)nn2)cc1. The molecule has 1 amide bonds. The van der Waals surface area contributed by atoms with E-state index in [2.05, 4.69) is 20.8 Å². The largest absolute Gasteiger partial charge is 0.347 e. The van der Waals surface area contributed by atoms with Gasteiger partial charge in [0.1, 0.15) is 0 Å². The van der Waals surface area contributed by atoms with E-state index in [4.69, 9.17) is 0 Å². The zero-order chi connectivity index (χ0) is 18.5. The predicted molar refractivity (Wildman–Crippen MR) is 104 cm³/mol. The van der Waals surface area contributed by atoms with Crippen molar-refractivity contribution >= 4 is 17.4 Å². The molecule has 0 atom stereocenters. The number of para-hydroxylation sites is 1. The van der Waals surface area contributed by atoms with E-state index in [9.17, 15) is 4.79 Å². The molecule has 5 nitrogen and oxygen atoms in total. The van der Waals surface area contributed by atoms with Crippen LogP contribution in [0.2, 0.25) is 0 Å². The Morgan fingerprint density at radius 3 is 2.19 bits per heavy atom. The number of hydrogen-bond acceptors (Lipinski definition) is 4. The molecule has 1 heterocycles. The average Bonchev–Trinajstić information content (AvgIpc) is 2.65. The number of anilines is 2. The van der Waals surface area contributed by atoms with Gasteiger partial charge in [-0.15, -0.1) is 10.2 Å². The molecule has 2 N–H and O–H groups in total. The van der Waals surface area contributed by atoms with Gasteiger partial charge < -0.3 is 10.6 Å². The first kappa shape index (κ1) is 17.6. The number of benzene rings is 2. The maximum Gasteiger partial charge on any atom is 0.272 e. The smallest absolute Gasteiger partial charge is 0.272 e. The van der Waals surface area contributed by atoms with Crippen molar-refractivity contribution in [3.05, 3.63) is 82.5 Å². The molecule has 5 heteroatoms. The second-order valence-corrected chi connectivity index (χ2v) is 6.36. The van der Waals surface area contributed by atoms with Gasteiger partial charge in [0.2, 0.25) is 0 Å². The van der Waals surface area contributed by atoms with Gasteiger partial charge in [-0.25, -0.2) is 0 Å². The van der Waals surface area contributed by atoms with Crippen LogP contribution in [-0.2, 0) is 6.54 Å². The summed E-state index contributed by atoms with van der Waals surface area (Å²) in [5.74, 6) is 0.370. The molecule has 0 radical (unpaired) electrons. The Morgan fingerprint density at radius 1 is 0.885 bits per heavy atom. The number of carbonyl (C=O) groups excluding carboxylic acids is 1. The minimum Gasteiger partial charge on any atom is -0.347 e. The molecule has 1 aromatic heterocycles. The highest BCUT2D eigenvalue weighted by atomic mass is 16.1. The van der Waals surface area contributed by atoms with Gasteiger partial charge in [-0.2, -0.15) is 0 Å². The van der Waals surface area contributed by atoms with E-state index in [-0.39, 0.29) is 5.91 Å². The number of aryl methyl sites for hydroxylation is 3. The fourth-order valence-electron chi connectivity index (χ4n) is 2.64. The maximum atomic E-state index is 12.2. The molecule has 0 spiro atoms. The van der Waals surface area contributed by atoms with Crippen molar-refractivity contribution in [1.29, 1.82) is 0 Å². The summed E-state index contributed by atoms with van der Waals surface area (Å²) in [6.07, 6.45) is 0. The summed E-state index contributed by atoms with van der Waals surface area (Å²) in [4.78, 5) is 12.2. The van der Waals surface area contributed by atoms with Crippen LogP contribution in [0.1, 0.15) is 32.7 Å². The number of carbonyl (C=O) groups is 1. The zero-order valence-corrected chi connectivity index (χ0v) is 15.2. The predicted octanol–water partition coefficient (Wildman–Crippen LogP) is 4.08. The first-order valence-electron chi connectivity index (χ1n) is 8.53. The van der Waals surface area contributed by atoms with Crippen molar-refractivity contribution in [2.75, 3.05) is 5.32 Å². The summed E-state index contributed by atoms with van der Waals surface area (Å²) in [5.41, 5.74) is 5.81. The molecular formula is C21H22N4O. The van der Waals surface area contributed by atoms with Crippen molar-refractivity contribution in [3.8, 4) is 0 Å². The minimum absolute atomic E-state index is 0.239. The van der Waals surface area contributed by atoms with E-state index in [0.29, 0.717) is 18.1 Å². The van der Waals surface area contributed by atoms with Gasteiger partial charge in [0.15, 0.2) is 11.5 Å². The van der Waals surface area contributed by atoms with E-state index < -0.39 is 0 Å². The highest BCUT2D eigenvalue weighted by Gasteiger charge is 2.09. The van der Waals surface area contributed by atoms with Gasteiger partial charge in [0.05, 0.1) is 0 Å². The van der Waals surface area contributed by atoms with Gasteiger partial charge in [0.25, 0.3) is 5.91 Å². The molecule has 0 aliphatic rings.